The summed E-state index contributed by atoms with van der Waals surface area (Å²) in [5, 5.41) is 0. The lowest BCUT2D eigenvalue weighted by atomic mass is 9.96. The highest BCUT2D eigenvalue weighted by Gasteiger charge is 2.35. The van der Waals surface area contributed by atoms with Crippen LogP contribution in [0.25, 0.3) is 0 Å². The second kappa shape index (κ2) is 9.87. The maximum Gasteiger partial charge on any atom is 0.253 e. The second-order valence-electron chi connectivity index (χ2n) is 8.97. The quantitative estimate of drug-likeness (QED) is 0.637. The van der Waals surface area contributed by atoms with E-state index in [4.69, 9.17) is 9.47 Å². The average molecular weight is 500 g/mol. The van der Waals surface area contributed by atoms with Gasteiger partial charge in [-0.3, -0.25) is 9.59 Å². The van der Waals surface area contributed by atoms with Crippen LogP contribution in [0.5, 0.6) is 11.5 Å². The summed E-state index contributed by atoms with van der Waals surface area (Å²) in [5.41, 5.74) is 0.652. The number of hydrogen-bond acceptors (Lipinski definition) is 6. The van der Waals surface area contributed by atoms with Crippen molar-refractivity contribution >= 4 is 21.8 Å². The lowest BCUT2D eigenvalue weighted by molar-refractivity contribution is -0.138. The Kier molecular flexibility index (Phi) is 6.66. The van der Waals surface area contributed by atoms with Crippen LogP contribution in [-0.2, 0) is 14.8 Å². The number of carbonyl (C=O) groups excluding carboxylic acids is 2. The zero-order valence-electron chi connectivity index (χ0n) is 19.5. The van der Waals surface area contributed by atoms with Gasteiger partial charge < -0.3 is 19.3 Å². The average Bonchev–Trinajstić information content (AvgIpc) is 2.92. The van der Waals surface area contributed by atoms with Crippen molar-refractivity contribution in [1.82, 2.24) is 14.1 Å². The predicted octanol–water partition coefficient (Wildman–Crippen LogP) is 1.84. The first-order chi connectivity index (χ1) is 16.9. The first kappa shape index (κ1) is 23.6. The Morgan fingerprint density at radius 1 is 0.771 bits per heavy atom. The first-order valence-electron chi connectivity index (χ1n) is 12.0. The van der Waals surface area contributed by atoms with E-state index in [1.807, 2.05) is 23.1 Å². The maximum absolute atomic E-state index is 13.2. The molecule has 0 aromatic heterocycles. The Morgan fingerprint density at radius 3 is 2.09 bits per heavy atom. The number of carbonyl (C=O) groups is 2. The summed E-state index contributed by atoms with van der Waals surface area (Å²) in [6.07, 6.45) is 0.956. The topological polar surface area (TPSA) is 96.5 Å². The minimum Gasteiger partial charge on any atom is -0.486 e. The van der Waals surface area contributed by atoms with E-state index >= 15 is 0 Å². The number of hydrogen-bond donors (Lipinski definition) is 0. The zero-order chi connectivity index (χ0) is 24.4. The summed E-state index contributed by atoms with van der Waals surface area (Å²) in [5.74, 6) is 0.805. The van der Waals surface area contributed by atoms with Gasteiger partial charge in [0.25, 0.3) is 5.91 Å². The Morgan fingerprint density at radius 2 is 1.40 bits per heavy atom. The highest BCUT2D eigenvalue weighted by Crippen LogP contribution is 2.34. The highest BCUT2D eigenvalue weighted by atomic mass is 32.2. The molecule has 3 aliphatic heterocycles. The molecule has 2 saturated heterocycles. The molecule has 3 heterocycles. The van der Waals surface area contributed by atoms with Crippen molar-refractivity contribution < 1.29 is 27.5 Å². The van der Waals surface area contributed by atoms with Crippen LogP contribution in [0.1, 0.15) is 23.2 Å². The Hall–Kier alpha value is -3.11. The summed E-state index contributed by atoms with van der Waals surface area (Å²) < 4.78 is 38.8. The minimum absolute atomic E-state index is 0.0182. The van der Waals surface area contributed by atoms with Gasteiger partial charge in [-0.15, -0.1) is 0 Å². The van der Waals surface area contributed by atoms with Gasteiger partial charge in [-0.1, -0.05) is 18.2 Å². The third-order valence-corrected chi connectivity index (χ3v) is 8.75. The molecule has 0 aliphatic carbocycles. The summed E-state index contributed by atoms with van der Waals surface area (Å²) in [4.78, 5) is 29.5. The molecule has 10 heteroatoms. The maximum atomic E-state index is 13.2. The van der Waals surface area contributed by atoms with E-state index in [-0.39, 0.29) is 22.6 Å². The van der Waals surface area contributed by atoms with E-state index in [2.05, 4.69) is 0 Å². The summed E-state index contributed by atoms with van der Waals surface area (Å²) in [7, 11) is -3.68. The molecule has 3 aliphatic rings. The van der Waals surface area contributed by atoms with E-state index in [0.29, 0.717) is 82.4 Å². The molecule has 0 radical (unpaired) electrons. The van der Waals surface area contributed by atoms with E-state index in [1.54, 1.807) is 23.1 Å². The normalized spacial score (nSPS) is 19.4. The molecule has 0 bridgehead atoms. The van der Waals surface area contributed by atoms with E-state index in [1.165, 1.54) is 16.4 Å². The van der Waals surface area contributed by atoms with Gasteiger partial charge in [0.15, 0.2) is 11.5 Å². The molecular weight excluding hydrogens is 470 g/mol. The number of piperidine rings is 1. The fourth-order valence-electron chi connectivity index (χ4n) is 4.83. The van der Waals surface area contributed by atoms with Crippen molar-refractivity contribution in [2.45, 2.75) is 17.7 Å². The fraction of sp³-hybridized carbons (Fsp3) is 0.440. The minimum atomic E-state index is -3.68. The largest absolute Gasteiger partial charge is 0.486 e. The van der Waals surface area contributed by atoms with Crippen LogP contribution in [0.4, 0.5) is 0 Å². The molecule has 0 spiro atoms. The van der Waals surface area contributed by atoms with Crippen LogP contribution < -0.4 is 9.47 Å². The van der Waals surface area contributed by atoms with Gasteiger partial charge in [-0.05, 0) is 37.1 Å². The third-order valence-electron chi connectivity index (χ3n) is 6.85. The van der Waals surface area contributed by atoms with Crippen LogP contribution in [-0.4, -0.2) is 86.8 Å². The van der Waals surface area contributed by atoms with Crippen molar-refractivity contribution in [3.8, 4) is 11.5 Å². The predicted molar refractivity (Wildman–Crippen MR) is 128 cm³/mol. The number of amides is 2. The van der Waals surface area contributed by atoms with Gasteiger partial charge in [-0.25, -0.2) is 8.42 Å². The molecule has 0 atom stereocenters. The number of sulfonamides is 1. The van der Waals surface area contributed by atoms with Crippen LogP contribution in [0, 0.1) is 5.92 Å². The van der Waals surface area contributed by atoms with E-state index < -0.39 is 10.0 Å². The van der Waals surface area contributed by atoms with Crippen molar-refractivity contribution in [1.29, 1.82) is 0 Å². The summed E-state index contributed by atoms with van der Waals surface area (Å²) in [6.45, 7) is 3.39. The standard InChI is InChI=1S/C25H29N3O6S/c29-24(19-4-2-1-3-5-19)26-12-14-27(15-13-26)25(30)20-8-10-28(11-9-20)35(31,32)21-6-7-22-23(18-21)34-17-16-33-22/h1-7,18,20H,8-17H2. The van der Waals surface area contributed by atoms with Gasteiger partial charge in [-0.2, -0.15) is 4.31 Å². The van der Waals surface area contributed by atoms with Gasteiger partial charge in [0.2, 0.25) is 15.9 Å². The number of benzene rings is 2. The molecule has 2 fully saturated rings. The highest BCUT2D eigenvalue weighted by molar-refractivity contribution is 7.89. The van der Waals surface area contributed by atoms with Crippen molar-refractivity contribution in [3.05, 3.63) is 54.1 Å². The SMILES string of the molecule is O=C(c1ccccc1)N1CCN(C(=O)C2CCN(S(=O)(=O)c3ccc4c(c3)OCCO4)CC2)CC1. The number of rotatable bonds is 4. The molecule has 0 N–H and O–H groups in total. The lowest BCUT2D eigenvalue weighted by Gasteiger charge is -2.38. The van der Waals surface area contributed by atoms with Gasteiger partial charge in [0.1, 0.15) is 13.2 Å². The molecule has 2 aromatic carbocycles. The summed E-state index contributed by atoms with van der Waals surface area (Å²) in [6, 6.07) is 13.8. The number of fused-ring (bicyclic) bond motifs is 1. The number of nitrogens with zero attached hydrogens (tertiary/aromatic N) is 3. The Balaban J connectivity index is 1.15. The van der Waals surface area contributed by atoms with Crippen LogP contribution in [0.15, 0.2) is 53.4 Å². The number of ether oxygens (including phenoxy) is 2. The molecule has 2 aromatic rings. The smallest absolute Gasteiger partial charge is 0.253 e. The van der Waals surface area contributed by atoms with Crippen molar-refractivity contribution in [2.24, 2.45) is 5.92 Å². The lowest BCUT2D eigenvalue weighted by Crippen LogP contribution is -2.53. The Labute approximate surface area is 205 Å². The number of piperazine rings is 1. The van der Waals surface area contributed by atoms with Crippen LogP contribution in [0.3, 0.4) is 0 Å². The third kappa shape index (κ3) is 4.85. The van der Waals surface area contributed by atoms with Gasteiger partial charge in [0.05, 0.1) is 4.90 Å². The molecule has 9 nitrogen and oxygen atoms in total. The van der Waals surface area contributed by atoms with E-state index in [9.17, 15) is 18.0 Å². The van der Waals surface area contributed by atoms with Gasteiger partial charge >= 0.3 is 0 Å². The van der Waals surface area contributed by atoms with Crippen molar-refractivity contribution in [3.63, 3.8) is 0 Å². The molecular formula is C25H29N3O6S. The molecule has 0 unspecified atom stereocenters. The van der Waals surface area contributed by atoms with E-state index in [0.717, 1.165) is 0 Å². The monoisotopic (exact) mass is 499 g/mol. The van der Waals surface area contributed by atoms with Crippen LogP contribution in [0.2, 0.25) is 0 Å². The molecule has 0 saturated carbocycles. The Bertz CT molecular complexity index is 1190. The van der Waals surface area contributed by atoms with Gasteiger partial charge in [0, 0.05) is 56.8 Å². The molecule has 5 rings (SSSR count). The summed E-state index contributed by atoms with van der Waals surface area (Å²) >= 11 is 0. The van der Waals surface area contributed by atoms with Crippen molar-refractivity contribution in [2.75, 3.05) is 52.5 Å². The molecule has 35 heavy (non-hydrogen) atoms. The first-order valence-corrected chi connectivity index (χ1v) is 13.4. The fourth-order valence-corrected chi connectivity index (χ4v) is 6.31. The van der Waals surface area contributed by atoms with Crippen LogP contribution >= 0.6 is 0 Å². The molecule has 186 valence electrons. The molecule has 2 amide bonds. The second-order valence-corrected chi connectivity index (χ2v) is 10.9. The zero-order valence-corrected chi connectivity index (χ0v) is 20.3.